The van der Waals surface area contributed by atoms with Crippen LogP contribution < -0.4 is 5.73 Å². The van der Waals surface area contributed by atoms with Crippen molar-refractivity contribution < 1.29 is 9.26 Å². The minimum atomic E-state index is -0.373. The van der Waals surface area contributed by atoms with Gasteiger partial charge in [0.2, 0.25) is 11.7 Å². The van der Waals surface area contributed by atoms with Crippen LogP contribution in [-0.4, -0.2) is 16.7 Å². The van der Waals surface area contributed by atoms with Gasteiger partial charge in [-0.3, -0.25) is 0 Å². The highest BCUT2D eigenvalue weighted by atomic mass is 16.5. The highest BCUT2D eigenvalue weighted by Crippen LogP contribution is 2.38. The van der Waals surface area contributed by atoms with Gasteiger partial charge in [-0.2, -0.15) is 4.98 Å². The number of ether oxygens (including phenoxy) is 1. The first kappa shape index (κ1) is 16.4. The molecule has 1 fully saturated rings. The zero-order valence-corrected chi connectivity index (χ0v) is 13.6. The van der Waals surface area contributed by atoms with E-state index >= 15 is 0 Å². The van der Waals surface area contributed by atoms with Crippen LogP contribution in [0.5, 0.6) is 0 Å². The van der Waals surface area contributed by atoms with Gasteiger partial charge in [0.25, 0.3) is 0 Å². The molecule has 1 aromatic heterocycles. The van der Waals surface area contributed by atoms with E-state index in [0.717, 1.165) is 32.1 Å². The van der Waals surface area contributed by atoms with Gasteiger partial charge in [-0.25, -0.2) is 0 Å². The lowest BCUT2D eigenvalue weighted by Gasteiger charge is -2.29. The van der Waals surface area contributed by atoms with Crippen molar-refractivity contribution in [2.75, 3.05) is 6.61 Å². The Morgan fingerprint density at radius 1 is 1.24 bits per heavy atom. The molecule has 0 amide bonds. The third-order valence-electron chi connectivity index (χ3n) is 4.72. The highest BCUT2D eigenvalue weighted by molar-refractivity contribution is 5.04. The van der Waals surface area contributed by atoms with Gasteiger partial charge in [-0.1, -0.05) is 51.1 Å². The Hall–Kier alpha value is -0.940. The molecule has 21 heavy (non-hydrogen) atoms. The summed E-state index contributed by atoms with van der Waals surface area (Å²) in [7, 11) is 0. The molecule has 1 heterocycles. The molecule has 0 radical (unpaired) electrons. The van der Waals surface area contributed by atoms with Crippen molar-refractivity contribution in [3.63, 3.8) is 0 Å². The van der Waals surface area contributed by atoms with E-state index in [0.29, 0.717) is 24.2 Å². The summed E-state index contributed by atoms with van der Waals surface area (Å²) < 4.78 is 11.5. The fourth-order valence-electron chi connectivity index (χ4n) is 3.06. The van der Waals surface area contributed by atoms with Crippen molar-refractivity contribution in [2.45, 2.75) is 77.4 Å². The second-order valence-electron chi connectivity index (χ2n) is 6.21. The Bertz CT molecular complexity index is 425. The summed E-state index contributed by atoms with van der Waals surface area (Å²) in [6.45, 7) is 6.92. The van der Waals surface area contributed by atoms with Crippen molar-refractivity contribution in [3.05, 3.63) is 11.7 Å². The van der Waals surface area contributed by atoms with E-state index in [1.807, 2.05) is 6.92 Å². The highest BCUT2D eigenvalue weighted by Gasteiger charge is 2.38. The van der Waals surface area contributed by atoms with Crippen LogP contribution in [0.2, 0.25) is 0 Å². The maximum absolute atomic E-state index is 6.20. The fraction of sp³-hybridized carbons (Fsp3) is 0.875. The number of hydrogen-bond acceptors (Lipinski definition) is 5. The minimum absolute atomic E-state index is 0.194. The molecule has 2 N–H and O–H groups in total. The smallest absolute Gasteiger partial charge is 0.243 e. The van der Waals surface area contributed by atoms with Gasteiger partial charge in [0.05, 0.1) is 6.04 Å². The average Bonchev–Trinajstić information content (AvgIpc) is 2.88. The fourth-order valence-corrected chi connectivity index (χ4v) is 3.06. The number of aromatic nitrogens is 2. The third-order valence-corrected chi connectivity index (χ3v) is 4.72. The van der Waals surface area contributed by atoms with Crippen LogP contribution in [0.25, 0.3) is 0 Å². The number of hydrogen-bond donors (Lipinski definition) is 1. The van der Waals surface area contributed by atoms with Crippen LogP contribution in [0, 0.1) is 5.92 Å². The third kappa shape index (κ3) is 3.64. The number of rotatable bonds is 6. The van der Waals surface area contributed by atoms with Gasteiger partial charge in [0.1, 0.15) is 5.60 Å². The molecular weight excluding hydrogens is 266 g/mol. The van der Waals surface area contributed by atoms with Gasteiger partial charge >= 0.3 is 0 Å². The molecule has 1 aliphatic rings. The quantitative estimate of drug-likeness (QED) is 0.810. The van der Waals surface area contributed by atoms with Crippen molar-refractivity contribution >= 4 is 0 Å². The van der Waals surface area contributed by atoms with E-state index in [4.69, 9.17) is 15.0 Å². The molecule has 0 aliphatic heterocycles. The van der Waals surface area contributed by atoms with Gasteiger partial charge in [-0.15, -0.1) is 0 Å². The van der Waals surface area contributed by atoms with Gasteiger partial charge < -0.3 is 15.0 Å². The molecule has 2 atom stereocenters. The van der Waals surface area contributed by atoms with Crippen LogP contribution in [0.4, 0.5) is 0 Å². The first-order valence-electron chi connectivity index (χ1n) is 8.36. The molecule has 5 nitrogen and oxygen atoms in total. The maximum Gasteiger partial charge on any atom is 0.243 e. The van der Waals surface area contributed by atoms with E-state index < -0.39 is 0 Å². The van der Waals surface area contributed by atoms with E-state index in [1.165, 1.54) is 12.8 Å². The first-order chi connectivity index (χ1) is 10.1. The molecule has 0 spiro atoms. The number of nitrogens with zero attached hydrogens (tertiary/aromatic N) is 2. The van der Waals surface area contributed by atoms with Crippen LogP contribution in [-0.2, 0) is 10.3 Å². The molecule has 0 bridgehead atoms. The van der Waals surface area contributed by atoms with E-state index in [1.54, 1.807) is 0 Å². The summed E-state index contributed by atoms with van der Waals surface area (Å²) in [5.74, 6) is 1.57. The molecule has 1 aliphatic carbocycles. The van der Waals surface area contributed by atoms with Crippen LogP contribution >= 0.6 is 0 Å². The maximum atomic E-state index is 6.20. The normalized spacial score (nSPS) is 21.7. The molecule has 1 aromatic rings. The summed E-state index contributed by atoms with van der Waals surface area (Å²) in [6.07, 6.45) is 7.76. The monoisotopic (exact) mass is 295 g/mol. The molecule has 5 heteroatoms. The summed E-state index contributed by atoms with van der Waals surface area (Å²) >= 11 is 0. The van der Waals surface area contributed by atoms with Crippen molar-refractivity contribution in [1.29, 1.82) is 0 Å². The lowest BCUT2D eigenvalue weighted by atomic mass is 9.93. The topological polar surface area (TPSA) is 74.2 Å². The average molecular weight is 295 g/mol. The summed E-state index contributed by atoms with van der Waals surface area (Å²) in [5, 5.41) is 4.22. The van der Waals surface area contributed by atoms with E-state index in [2.05, 4.69) is 24.0 Å². The Morgan fingerprint density at radius 2 is 1.90 bits per heavy atom. The predicted octanol–water partition coefficient (Wildman–Crippen LogP) is 3.70. The van der Waals surface area contributed by atoms with E-state index in [9.17, 15) is 0 Å². The molecule has 0 aromatic carbocycles. The second-order valence-corrected chi connectivity index (χ2v) is 6.21. The second kappa shape index (κ2) is 7.36. The molecule has 1 saturated carbocycles. The Kier molecular flexibility index (Phi) is 5.76. The molecule has 2 unspecified atom stereocenters. The van der Waals surface area contributed by atoms with Crippen LogP contribution in [0.15, 0.2) is 4.52 Å². The zero-order chi connectivity index (χ0) is 15.3. The molecule has 0 saturated heterocycles. The summed E-state index contributed by atoms with van der Waals surface area (Å²) in [4.78, 5) is 4.61. The molecule has 120 valence electrons. The largest absolute Gasteiger partial charge is 0.367 e. The van der Waals surface area contributed by atoms with Gasteiger partial charge in [0, 0.05) is 6.61 Å². The first-order valence-corrected chi connectivity index (χ1v) is 8.36. The lowest BCUT2D eigenvalue weighted by Crippen LogP contribution is -2.31. The summed E-state index contributed by atoms with van der Waals surface area (Å²) in [5.41, 5.74) is 5.83. The predicted molar refractivity (Wildman–Crippen MR) is 81.7 cm³/mol. The minimum Gasteiger partial charge on any atom is -0.367 e. The SMILES string of the molecule is CCOC1(c2noc(C(N)C(C)CC)n2)CCCCCC1. The zero-order valence-electron chi connectivity index (χ0n) is 13.6. The lowest BCUT2D eigenvalue weighted by molar-refractivity contribution is -0.0636. The molecule has 2 rings (SSSR count). The standard InChI is InChI=1S/C16H29N3O2/c1-4-12(3)13(17)14-18-15(19-21-14)16(20-5-2)10-8-6-7-9-11-16/h12-13H,4-11,17H2,1-3H3. The van der Waals surface area contributed by atoms with Crippen molar-refractivity contribution in [1.82, 2.24) is 10.1 Å². The van der Waals surface area contributed by atoms with Gasteiger partial charge in [0.15, 0.2) is 0 Å². The Morgan fingerprint density at radius 3 is 2.48 bits per heavy atom. The van der Waals surface area contributed by atoms with Gasteiger partial charge in [-0.05, 0) is 25.7 Å². The molecular formula is C16H29N3O2. The Balaban J connectivity index is 2.23. The van der Waals surface area contributed by atoms with Crippen LogP contribution in [0.3, 0.4) is 0 Å². The number of nitrogens with two attached hydrogens (primary N) is 1. The summed E-state index contributed by atoms with van der Waals surface area (Å²) in [6, 6.07) is -0.194. The van der Waals surface area contributed by atoms with Crippen molar-refractivity contribution in [2.24, 2.45) is 11.7 Å². The van der Waals surface area contributed by atoms with Crippen molar-refractivity contribution in [3.8, 4) is 0 Å². The Labute approximate surface area is 127 Å². The van der Waals surface area contributed by atoms with E-state index in [-0.39, 0.29) is 11.6 Å². The van der Waals surface area contributed by atoms with Crippen LogP contribution in [0.1, 0.15) is 83.5 Å².